The van der Waals surface area contributed by atoms with E-state index in [1.165, 1.54) is 0 Å². The van der Waals surface area contributed by atoms with Gasteiger partial charge in [0.25, 0.3) is 0 Å². The molecule has 0 radical (unpaired) electrons. The highest BCUT2D eigenvalue weighted by Gasteiger charge is 2.19. The lowest BCUT2D eigenvalue weighted by Crippen LogP contribution is -2.35. The fourth-order valence-corrected chi connectivity index (χ4v) is 2.51. The molecule has 0 fully saturated rings. The second kappa shape index (κ2) is 10.7. The lowest BCUT2D eigenvalue weighted by Gasteiger charge is -2.20. The van der Waals surface area contributed by atoms with Crippen LogP contribution in [0, 0.1) is 17.8 Å². The highest BCUT2D eigenvalue weighted by Crippen LogP contribution is 2.16. The first-order valence-electron chi connectivity index (χ1n) is 7.90. The van der Waals surface area contributed by atoms with Crippen LogP contribution in [0.4, 0.5) is 0 Å². The van der Waals surface area contributed by atoms with Gasteiger partial charge in [0.05, 0.1) is 0 Å². The smallest absolute Gasteiger partial charge is 0.303 e. The predicted octanol–water partition coefficient (Wildman–Crippen LogP) is 3.46. The van der Waals surface area contributed by atoms with Crippen LogP contribution in [0.2, 0.25) is 0 Å². The molecule has 0 aliphatic heterocycles. The van der Waals surface area contributed by atoms with Crippen LogP contribution in [0.3, 0.4) is 0 Å². The van der Waals surface area contributed by atoms with Crippen molar-refractivity contribution < 1.29 is 14.7 Å². The molecule has 0 spiro atoms. The minimum atomic E-state index is -0.789. The number of rotatable bonds is 11. The molecule has 2 unspecified atom stereocenters. The van der Waals surface area contributed by atoms with Crippen molar-refractivity contribution in [2.45, 2.75) is 66.2 Å². The van der Waals surface area contributed by atoms with E-state index < -0.39 is 5.97 Å². The number of unbranched alkanes of at least 4 members (excludes halogenated alkanes) is 1. The van der Waals surface area contributed by atoms with Crippen molar-refractivity contribution in [3.63, 3.8) is 0 Å². The summed E-state index contributed by atoms with van der Waals surface area (Å²) in [6, 6.07) is 0. The van der Waals surface area contributed by atoms with Crippen LogP contribution in [-0.4, -0.2) is 23.5 Å². The number of nitrogens with one attached hydrogen (secondary N) is 1. The van der Waals surface area contributed by atoms with Gasteiger partial charge in [0, 0.05) is 18.9 Å². The molecule has 0 saturated heterocycles. The Labute approximate surface area is 123 Å². The maximum atomic E-state index is 12.1. The first kappa shape index (κ1) is 18.9. The number of amides is 1. The summed E-state index contributed by atoms with van der Waals surface area (Å²) in [6.45, 7) is 8.78. The van der Waals surface area contributed by atoms with Crippen LogP contribution in [0.15, 0.2) is 0 Å². The molecule has 0 aromatic heterocycles. The van der Waals surface area contributed by atoms with E-state index in [1.807, 2.05) is 6.92 Å². The molecule has 0 aromatic rings. The van der Waals surface area contributed by atoms with Gasteiger partial charge in [0.15, 0.2) is 0 Å². The molecule has 2 N–H and O–H groups in total. The Hall–Kier alpha value is -1.06. The first-order valence-corrected chi connectivity index (χ1v) is 7.90. The number of carboxylic acids is 1. The molecule has 4 heteroatoms. The highest BCUT2D eigenvalue weighted by molar-refractivity contribution is 5.78. The fourth-order valence-electron chi connectivity index (χ4n) is 2.51. The minimum absolute atomic E-state index is 0.0279. The number of carboxylic acid groups (broad SMARTS) is 1. The fraction of sp³-hybridized carbons (Fsp3) is 0.875. The quantitative estimate of drug-likeness (QED) is 0.611. The van der Waals surface area contributed by atoms with Crippen LogP contribution < -0.4 is 5.32 Å². The zero-order chi connectivity index (χ0) is 15.5. The van der Waals surface area contributed by atoms with Crippen LogP contribution in [-0.2, 0) is 9.59 Å². The first-order chi connectivity index (χ1) is 9.40. The summed E-state index contributed by atoms with van der Waals surface area (Å²) in [5, 5.41) is 11.9. The van der Waals surface area contributed by atoms with Crippen LogP contribution >= 0.6 is 0 Å². The number of hydrogen-bond acceptors (Lipinski definition) is 2. The Morgan fingerprint density at radius 1 is 1.20 bits per heavy atom. The lowest BCUT2D eigenvalue weighted by molar-refractivity contribution is -0.138. The molecule has 2 atom stereocenters. The molecular formula is C16H31NO3. The van der Waals surface area contributed by atoms with Gasteiger partial charge in [-0.05, 0) is 31.1 Å². The third-order valence-electron chi connectivity index (χ3n) is 3.60. The van der Waals surface area contributed by atoms with Crippen molar-refractivity contribution in [3.8, 4) is 0 Å². The summed E-state index contributed by atoms with van der Waals surface area (Å²) >= 11 is 0. The van der Waals surface area contributed by atoms with Crippen molar-refractivity contribution in [1.29, 1.82) is 0 Å². The van der Waals surface area contributed by atoms with E-state index in [0.717, 1.165) is 32.1 Å². The molecular weight excluding hydrogens is 254 g/mol. The van der Waals surface area contributed by atoms with Gasteiger partial charge in [0.1, 0.15) is 0 Å². The molecule has 118 valence electrons. The van der Waals surface area contributed by atoms with Crippen molar-refractivity contribution in [2.24, 2.45) is 17.8 Å². The zero-order valence-electron chi connectivity index (χ0n) is 13.4. The molecule has 0 saturated carbocycles. The van der Waals surface area contributed by atoms with Gasteiger partial charge in [0.2, 0.25) is 5.91 Å². The summed E-state index contributed by atoms with van der Waals surface area (Å²) in [5.41, 5.74) is 0. The Balaban J connectivity index is 4.28. The van der Waals surface area contributed by atoms with E-state index in [0.29, 0.717) is 12.5 Å². The monoisotopic (exact) mass is 285 g/mol. The molecule has 0 aromatic carbocycles. The molecule has 0 aliphatic rings. The predicted molar refractivity (Wildman–Crippen MR) is 81.5 cm³/mol. The number of carbonyl (C=O) groups is 2. The van der Waals surface area contributed by atoms with E-state index in [4.69, 9.17) is 5.11 Å². The third kappa shape index (κ3) is 8.94. The van der Waals surface area contributed by atoms with Gasteiger partial charge in [-0.15, -0.1) is 0 Å². The molecule has 0 rings (SSSR count). The Morgan fingerprint density at radius 3 is 2.30 bits per heavy atom. The SMILES string of the molecule is CCCCC(CC)C(=O)NCC(CC(=O)O)CC(C)C. The van der Waals surface area contributed by atoms with Crippen molar-refractivity contribution in [2.75, 3.05) is 6.54 Å². The number of aliphatic carboxylic acids is 1. The van der Waals surface area contributed by atoms with Gasteiger partial charge in [-0.2, -0.15) is 0 Å². The molecule has 0 aliphatic carbocycles. The standard InChI is InChI=1S/C16H31NO3/c1-5-7-8-14(6-2)16(20)17-11-13(9-12(3)4)10-15(18)19/h12-14H,5-11H2,1-4H3,(H,17,20)(H,18,19). The summed E-state index contributed by atoms with van der Waals surface area (Å²) in [7, 11) is 0. The summed E-state index contributed by atoms with van der Waals surface area (Å²) < 4.78 is 0. The van der Waals surface area contributed by atoms with E-state index in [-0.39, 0.29) is 24.2 Å². The van der Waals surface area contributed by atoms with Gasteiger partial charge < -0.3 is 10.4 Å². The molecule has 4 nitrogen and oxygen atoms in total. The van der Waals surface area contributed by atoms with E-state index in [1.54, 1.807) is 0 Å². The Morgan fingerprint density at radius 2 is 1.85 bits per heavy atom. The van der Waals surface area contributed by atoms with E-state index >= 15 is 0 Å². The van der Waals surface area contributed by atoms with Crippen LogP contribution in [0.1, 0.15) is 66.2 Å². The number of carbonyl (C=O) groups excluding carboxylic acids is 1. The third-order valence-corrected chi connectivity index (χ3v) is 3.60. The Kier molecular flexibility index (Phi) is 10.1. The second-order valence-electron chi connectivity index (χ2n) is 6.09. The second-order valence-corrected chi connectivity index (χ2v) is 6.09. The summed E-state index contributed by atoms with van der Waals surface area (Å²) in [4.78, 5) is 23.0. The minimum Gasteiger partial charge on any atom is -0.481 e. The van der Waals surface area contributed by atoms with Crippen LogP contribution in [0.25, 0.3) is 0 Å². The molecule has 0 heterocycles. The van der Waals surface area contributed by atoms with Crippen molar-refractivity contribution in [3.05, 3.63) is 0 Å². The maximum absolute atomic E-state index is 12.1. The van der Waals surface area contributed by atoms with Crippen LogP contribution in [0.5, 0.6) is 0 Å². The summed E-state index contributed by atoms with van der Waals surface area (Å²) in [6.07, 6.45) is 4.89. The maximum Gasteiger partial charge on any atom is 0.303 e. The topological polar surface area (TPSA) is 66.4 Å². The van der Waals surface area contributed by atoms with Gasteiger partial charge >= 0.3 is 5.97 Å². The van der Waals surface area contributed by atoms with Gasteiger partial charge in [-0.25, -0.2) is 0 Å². The van der Waals surface area contributed by atoms with Crippen molar-refractivity contribution >= 4 is 11.9 Å². The normalized spacial score (nSPS) is 14.1. The highest BCUT2D eigenvalue weighted by atomic mass is 16.4. The zero-order valence-corrected chi connectivity index (χ0v) is 13.4. The van der Waals surface area contributed by atoms with Gasteiger partial charge in [-0.3, -0.25) is 9.59 Å². The van der Waals surface area contributed by atoms with Gasteiger partial charge in [-0.1, -0.05) is 40.5 Å². The molecule has 1 amide bonds. The number of hydrogen-bond donors (Lipinski definition) is 2. The largest absolute Gasteiger partial charge is 0.481 e. The Bertz CT molecular complexity index is 289. The summed E-state index contributed by atoms with van der Waals surface area (Å²) in [5.74, 6) is -0.166. The van der Waals surface area contributed by atoms with E-state index in [2.05, 4.69) is 26.1 Å². The van der Waals surface area contributed by atoms with E-state index in [9.17, 15) is 9.59 Å². The molecule has 0 bridgehead atoms. The molecule has 20 heavy (non-hydrogen) atoms. The van der Waals surface area contributed by atoms with Crippen molar-refractivity contribution in [1.82, 2.24) is 5.32 Å². The average molecular weight is 285 g/mol. The lowest BCUT2D eigenvalue weighted by atomic mass is 9.93. The average Bonchev–Trinajstić information content (AvgIpc) is 2.35.